The maximum Gasteiger partial charge on any atom is 0.0542 e. The second-order valence-electron chi connectivity index (χ2n) is 3.77. The molecule has 0 saturated carbocycles. The van der Waals surface area contributed by atoms with E-state index >= 15 is 0 Å². The Morgan fingerprint density at radius 2 is 2.29 bits per heavy atom. The number of rotatable bonds is 5. The summed E-state index contributed by atoms with van der Waals surface area (Å²) in [5, 5.41) is 0. The van der Waals surface area contributed by atoms with E-state index in [0.29, 0.717) is 6.54 Å². The van der Waals surface area contributed by atoms with Crippen LogP contribution in [0.2, 0.25) is 0 Å². The van der Waals surface area contributed by atoms with Crippen molar-refractivity contribution in [1.82, 2.24) is 4.98 Å². The minimum absolute atomic E-state index is 0.530. The molecule has 1 aromatic heterocycles. The molecule has 0 bridgehead atoms. The minimum atomic E-state index is 0.530. The zero-order chi connectivity index (χ0) is 10.4. The van der Waals surface area contributed by atoms with Gasteiger partial charge in [0.05, 0.1) is 5.69 Å². The molecule has 0 radical (unpaired) electrons. The van der Waals surface area contributed by atoms with Gasteiger partial charge in [0.1, 0.15) is 0 Å². The predicted octanol–water partition coefficient (Wildman–Crippen LogP) is 2.43. The topological polar surface area (TPSA) is 38.9 Å². The minimum Gasteiger partial charge on any atom is -0.325 e. The van der Waals surface area contributed by atoms with Crippen molar-refractivity contribution < 1.29 is 0 Å². The van der Waals surface area contributed by atoms with Crippen molar-refractivity contribution in [3.05, 3.63) is 29.6 Å². The largest absolute Gasteiger partial charge is 0.325 e. The third-order valence-corrected chi connectivity index (χ3v) is 3.25. The van der Waals surface area contributed by atoms with Crippen LogP contribution in [0.15, 0.2) is 18.3 Å². The quantitative estimate of drug-likeness (QED) is 0.811. The summed E-state index contributed by atoms with van der Waals surface area (Å²) in [7, 11) is 0. The van der Waals surface area contributed by atoms with Crippen molar-refractivity contribution in [3.63, 3.8) is 0 Å². The molecule has 0 atom stereocenters. The molecule has 0 aromatic carbocycles. The highest BCUT2D eigenvalue weighted by molar-refractivity contribution is 7.98. The summed E-state index contributed by atoms with van der Waals surface area (Å²) in [6.45, 7) is 5.01. The Morgan fingerprint density at radius 3 is 2.93 bits per heavy atom. The first-order chi connectivity index (χ1) is 6.72. The Morgan fingerprint density at radius 1 is 1.50 bits per heavy atom. The van der Waals surface area contributed by atoms with E-state index in [4.69, 9.17) is 5.73 Å². The number of hydrogen-bond donors (Lipinski definition) is 1. The number of thioether (sulfide) groups is 1. The highest BCUT2D eigenvalue weighted by Gasteiger charge is 1.98. The third kappa shape index (κ3) is 4.11. The summed E-state index contributed by atoms with van der Waals surface area (Å²) in [6, 6.07) is 4.15. The van der Waals surface area contributed by atoms with Gasteiger partial charge in [-0.1, -0.05) is 13.8 Å². The molecule has 0 aliphatic heterocycles. The smallest absolute Gasteiger partial charge is 0.0542 e. The monoisotopic (exact) mass is 210 g/mol. The van der Waals surface area contributed by atoms with Crippen LogP contribution in [0.5, 0.6) is 0 Å². The van der Waals surface area contributed by atoms with Crippen LogP contribution in [-0.2, 0) is 12.3 Å². The molecule has 14 heavy (non-hydrogen) atoms. The molecule has 0 amide bonds. The summed E-state index contributed by atoms with van der Waals surface area (Å²) in [6.07, 6.45) is 1.84. The maximum atomic E-state index is 5.53. The summed E-state index contributed by atoms with van der Waals surface area (Å²) in [5.41, 5.74) is 7.83. The van der Waals surface area contributed by atoms with Gasteiger partial charge in [-0.05, 0) is 29.4 Å². The van der Waals surface area contributed by atoms with E-state index in [0.717, 1.165) is 17.4 Å². The number of hydrogen-bond acceptors (Lipinski definition) is 3. The second kappa shape index (κ2) is 6.04. The van der Waals surface area contributed by atoms with E-state index < -0.39 is 0 Å². The normalized spacial score (nSPS) is 10.9. The first-order valence-electron chi connectivity index (χ1n) is 4.94. The third-order valence-electron chi connectivity index (χ3n) is 1.81. The van der Waals surface area contributed by atoms with Crippen LogP contribution >= 0.6 is 11.8 Å². The standard InChI is InChI=1S/C11H18N2S/c1-9(2)7-14-8-10-3-4-13-11(5-10)6-12/h3-5,9H,6-8,12H2,1-2H3. The van der Waals surface area contributed by atoms with E-state index in [1.807, 2.05) is 18.0 Å². The van der Waals surface area contributed by atoms with Gasteiger partial charge in [-0.15, -0.1) is 0 Å². The molecule has 0 aliphatic rings. The summed E-state index contributed by atoms with van der Waals surface area (Å²) < 4.78 is 0. The SMILES string of the molecule is CC(C)CSCc1ccnc(CN)c1. The number of nitrogens with two attached hydrogens (primary N) is 1. The highest BCUT2D eigenvalue weighted by Crippen LogP contribution is 2.15. The lowest BCUT2D eigenvalue weighted by Gasteiger charge is -2.05. The molecule has 1 rings (SSSR count). The Bertz CT molecular complexity index is 274. The molecule has 2 N–H and O–H groups in total. The van der Waals surface area contributed by atoms with Gasteiger partial charge in [-0.25, -0.2) is 0 Å². The van der Waals surface area contributed by atoms with E-state index in [9.17, 15) is 0 Å². The van der Waals surface area contributed by atoms with Crippen LogP contribution < -0.4 is 5.73 Å². The molecular formula is C11H18N2S. The van der Waals surface area contributed by atoms with Crippen LogP contribution in [0, 0.1) is 5.92 Å². The van der Waals surface area contributed by atoms with Crippen molar-refractivity contribution in [2.75, 3.05) is 5.75 Å². The maximum absolute atomic E-state index is 5.53. The number of aromatic nitrogens is 1. The predicted molar refractivity (Wildman–Crippen MR) is 63.1 cm³/mol. The van der Waals surface area contributed by atoms with Crippen molar-refractivity contribution in [2.45, 2.75) is 26.1 Å². The molecule has 3 heteroatoms. The molecule has 0 saturated heterocycles. The van der Waals surface area contributed by atoms with Crippen LogP contribution in [0.25, 0.3) is 0 Å². The van der Waals surface area contributed by atoms with E-state index in [2.05, 4.69) is 31.0 Å². The van der Waals surface area contributed by atoms with Crippen LogP contribution in [-0.4, -0.2) is 10.7 Å². The lowest BCUT2D eigenvalue weighted by Crippen LogP contribution is -2.00. The van der Waals surface area contributed by atoms with Crippen molar-refractivity contribution >= 4 is 11.8 Å². The van der Waals surface area contributed by atoms with Crippen molar-refractivity contribution in [3.8, 4) is 0 Å². The summed E-state index contributed by atoms with van der Waals surface area (Å²) in [5.74, 6) is 3.03. The van der Waals surface area contributed by atoms with Gasteiger partial charge in [-0.2, -0.15) is 11.8 Å². The fourth-order valence-electron chi connectivity index (χ4n) is 1.14. The summed E-state index contributed by atoms with van der Waals surface area (Å²) in [4.78, 5) is 4.17. The molecule has 0 aliphatic carbocycles. The van der Waals surface area contributed by atoms with Crippen LogP contribution in [0.1, 0.15) is 25.1 Å². The summed E-state index contributed by atoms with van der Waals surface area (Å²) >= 11 is 1.97. The molecule has 0 fully saturated rings. The zero-order valence-corrected chi connectivity index (χ0v) is 9.68. The Kier molecular flexibility index (Phi) is 4.98. The first kappa shape index (κ1) is 11.5. The Labute approximate surface area is 90.3 Å². The zero-order valence-electron chi connectivity index (χ0n) is 8.86. The Hall–Kier alpha value is -0.540. The van der Waals surface area contributed by atoms with Crippen LogP contribution in [0.4, 0.5) is 0 Å². The van der Waals surface area contributed by atoms with Gasteiger partial charge >= 0.3 is 0 Å². The second-order valence-corrected chi connectivity index (χ2v) is 4.80. The fraction of sp³-hybridized carbons (Fsp3) is 0.545. The van der Waals surface area contributed by atoms with Gasteiger partial charge in [0, 0.05) is 18.5 Å². The molecule has 0 unspecified atom stereocenters. The number of pyridine rings is 1. The Balaban J connectivity index is 2.42. The van der Waals surface area contributed by atoms with Gasteiger partial charge < -0.3 is 5.73 Å². The van der Waals surface area contributed by atoms with Gasteiger partial charge in [0.15, 0.2) is 0 Å². The average molecular weight is 210 g/mol. The average Bonchev–Trinajstić information content (AvgIpc) is 2.18. The van der Waals surface area contributed by atoms with Crippen molar-refractivity contribution in [2.24, 2.45) is 11.7 Å². The molecule has 1 aromatic rings. The van der Waals surface area contributed by atoms with E-state index in [-0.39, 0.29) is 0 Å². The lowest BCUT2D eigenvalue weighted by atomic mass is 10.2. The van der Waals surface area contributed by atoms with E-state index in [1.165, 1.54) is 11.3 Å². The molecular weight excluding hydrogens is 192 g/mol. The van der Waals surface area contributed by atoms with Gasteiger partial charge in [0.25, 0.3) is 0 Å². The van der Waals surface area contributed by atoms with Crippen molar-refractivity contribution in [1.29, 1.82) is 0 Å². The van der Waals surface area contributed by atoms with Gasteiger partial charge in [-0.3, -0.25) is 4.98 Å². The fourth-order valence-corrected chi connectivity index (χ4v) is 2.15. The molecule has 1 heterocycles. The molecule has 78 valence electrons. The molecule has 2 nitrogen and oxygen atoms in total. The molecule has 0 spiro atoms. The highest BCUT2D eigenvalue weighted by atomic mass is 32.2. The van der Waals surface area contributed by atoms with Crippen LogP contribution in [0.3, 0.4) is 0 Å². The van der Waals surface area contributed by atoms with Gasteiger partial charge in [0.2, 0.25) is 0 Å². The van der Waals surface area contributed by atoms with E-state index in [1.54, 1.807) is 0 Å². The first-order valence-corrected chi connectivity index (χ1v) is 6.09. The number of nitrogens with zero attached hydrogens (tertiary/aromatic N) is 1. The lowest BCUT2D eigenvalue weighted by molar-refractivity contribution is 0.750.